The minimum absolute atomic E-state index is 0.388. The Morgan fingerprint density at radius 1 is 1.08 bits per heavy atom. The SMILES string of the molecule is NCCc1c[nH]c2ccc(OC(=O)C(O)c3c[nH]c4ccccc34)cc12. The summed E-state index contributed by atoms with van der Waals surface area (Å²) in [6.07, 6.45) is 2.90. The highest BCUT2D eigenvalue weighted by Gasteiger charge is 2.23. The molecule has 1 unspecified atom stereocenters. The van der Waals surface area contributed by atoms with Gasteiger partial charge in [0.2, 0.25) is 0 Å². The topological polar surface area (TPSA) is 104 Å². The van der Waals surface area contributed by atoms with Crippen LogP contribution in [0.5, 0.6) is 5.75 Å². The first-order chi connectivity index (χ1) is 12.7. The summed E-state index contributed by atoms with van der Waals surface area (Å²) in [6.45, 7) is 0.538. The molecule has 2 aromatic heterocycles. The Morgan fingerprint density at radius 3 is 2.69 bits per heavy atom. The number of carbonyl (C=O) groups excluding carboxylic acids is 1. The molecule has 0 saturated carbocycles. The van der Waals surface area contributed by atoms with Crippen LogP contribution in [0.2, 0.25) is 0 Å². The van der Waals surface area contributed by atoms with Crippen LogP contribution in [0.25, 0.3) is 21.8 Å². The van der Waals surface area contributed by atoms with Crippen molar-refractivity contribution in [1.29, 1.82) is 0 Å². The number of benzene rings is 2. The van der Waals surface area contributed by atoms with Crippen molar-refractivity contribution in [2.75, 3.05) is 6.54 Å². The Hall–Kier alpha value is -3.09. The highest BCUT2D eigenvalue weighted by Crippen LogP contribution is 2.28. The first kappa shape index (κ1) is 16.4. The smallest absolute Gasteiger partial charge is 0.345 e. The summed E-state index contributed by atoms with van der Waals surface area (Å²) in [5.74, 6) is -0.329. The fourth-order valence-electron chi connectivity index (χ4n) is 3.20. The van der Waals surface area contributed by atoms with E-state index in [0.29, 0.717) is 17.9 Å². The van der Waals surface area contributed by atoms with Gasteiger partial charge in [0, 0.05) is 39.8 Å². The molecule has 0 amide bonds. The van der Waals surface area contributed by atoms with Crippen LogP contribution < -0.4 is 10.5 Å². The fraction of sp³-hybridized carbons (Fsp3) is 0.150. The predicted molar refractivity (Wildman–Crippen MR) is 100.0 cm³/mol. The molecule has 6 nitrogen and oxygen atoms in total. The first-order valence-electron chi connectivity index (χ1n) is 8.43. The number of aromatic amines is 2. The molecule has 2 aromatic carbocycles. The number of para-hydroxylation sites is 1. The summed E-state index contributed by atoms with van der Waals surface area (Å²) in [4.78, 5) is 18.6. The average molecular weight is 349 g/mol. The normalized spacial score (nSPS) is 12.5. The van der Waals surface area contributed by atoms with Crippen molar-refractivity contribution in [1.82, 2.24) is 9.97 Å². The molecule has 0 bridgehead atoms. The monoisotopic (exact) mass is 349 g/mol. The van der Waals surface area contributed by atoms with Crippen molar-refractivity contribution in [2.24, 2.45) is 5.73 Å². The number of carbonyl (C=O) groups is 1. The summed E-state index contributed by atoms with van der Waals surface area (Å²) in [7, 11) is 0. The van der Waals surface area contributed by atoms with E-state index in [1.807, 2.05) is 36.5 Å². The van der Waals surface area contributed by atoms with E-state index in [2.05, 4.69) is 9.97 Å². The molecule has 0 radical (unpaired) electrons. The molecule has 0 saturated heterocycles. The van der Waals surface area contributed by atoms with E-state index < -0.39 is 12.1 Å². The van der Waals surface area contributed by atoms with Crippen LogP contribution in [0.3, 0.4) is 0 Å². The molecule has 0 spiro atoms. The number of hydrogen-bond donors (Lipinski definition) is 4. The van der Waals surface area contributed by atoms with Gasteiger partial charge in [0.15, 0.2) is 6.10 Å². The van der Waals surface area contributed by atoms with Crippen LogP contribution in [0.15, 0.2) is 54.9 Å². The minimum Gasteiger partial charge on any atom is -0.424 e. The largest absolute Gasteiger partial charge is 0.424 e. The average Bonchev–Trinajstić information content (AvgIpc) is 3.26. The zero-order valence-electron chi connectivity index (χ0n) is 14.0. The number of hydrogen-bond acceptors (Lipinski definition) is 4. The fourth-order valence-corrected chi connectivity index (χ4v) is 3.20. The van der Waals surface area contributed by atoms with Gasteiger partial charge in [-0.05, 0) is 42.8 Å². The van der Waals surface area contributed by atoms with Gasteiger partial charge in [-0.25, -0.2) is 4.79 Å². The summed E-state index contributed by atoms with van der Waals surface area (Å²) >= 11 is 0. The first-order valence-corrected chi connectivity index (χ1v) is 8.43. The molecule has 4 aromatic rings. The van der Waals surface area contributed by atoms with Gasteiger partial charge in [0.1, 0.15) is 5.75 Å². The number of H-pyrrole nitrogens is 2. The Bertz CT molecular complexity index is 1080. The third-order valence-corrected chi connectivity index (χ3v) is 4.51. The Labute approximate surface area is 149 Å². The molecule has 0 fully saturated rings. The lowest BCUT2D eigenvalue weighted by molar-refractivity contribution is -0.144. The van der Waals surface area contributed by atoms with Crippen molar-refractivity contribution >= 4 is 27.8 Å². The second-order valence-corrected chi connectivity index (χ2v) is 6.17. The molecule has 0 aliphatic heterocycles. The van der Waals surface area contributed by atoms with Crippen molar-refractivity contribution in [3.05, 3.63) is 66.0 Å². The lowest BCUT2D eigenvalue weighted by atomic mass is 10.1. The van der Waals surface area contributed by atoms with Gasteiger partial charge in [-0.1, -0.05) is 18.2 Å². The van der Waals surface area contributed by atoms with Gasteiger partial charge in [-0.15, -0.1) is 0 Å². The number of nitrogens with two attached hydrogens (primary N) is 1. The van der Waals surface area contributed by atoms with E-state index in [4.69, 9.17) is 10.5 Å². The second kappa shape index (κ2) is 6.67. The number of ether oxygens (including phenoxy) is 1. The number of aliphatic hydroxyl groups is 1. The zero-order valence-corrected chi connectivity index (χ0v) is 14.0. The molecular weight excluding hydrogens is 330 g/mol. The summed E-state index contributed by atoms with van der Waals surface area (Å²) in [5, 5.41) is 12.2. The molecule has 5 N–H and O–H groups in total. The van der Waals surface area contributed by atoms with Gasteiger partial charge in [0.05, 0.1) is 0 Å². The van der Waals surface area contributed by atoms with Crippen molar-refractivity contribution < 1.29 is 14.6 Å². The maximum Gasteiger partial charge on any atom is 0.345 e. The van der Waals surface area contributed by atoms with Crippen molar-refractivity contribution in [3.8, 4) is 5.75 Å². The Morgan fingerprint density at radius 2 is 1.85 bits per heavy atom. The Kier molecular flexibility index (Phi) is 4.20. The maximum atomic E-state index is 12.4. The standard InChI is InChI=1S/C20H19N3O3/c21-8-7-12-10-22-18-6-5-13(9-15(12)18)26-20(25)19(24)16-11-23-17-4-2-1-3-14(16)17/h1-6,9-11,19,22-24H,7-8,21H2. The molecule has 1 atom stereocenters. The molecule has 0 aliphatic rings. The number of esters is 1. The third kappa shape index (κ3) is 2.85. The van der Waals surface area contributed by atoms with E-state index in [1.54, 1.807) is 18.3 Å². The molecule has 4 rings (SSSR count). The molecule has 132 valence electrons. The number of nitrogens with one attached hydrogen (secondary N) is 2. The van der Waals surface area contributed by atoms with E-state index in [9.17, 15) is 9.90 Å². The van der Waals surface area contributed by atoms with Gasteiger partial charge < -0.3 is 25.5 Å². The maximum absolute atomic E-state index is 12.4. The zero-order chi connectivity index (χ0) is 18.1. The van der Waals surface area contributed by atoms with Crippen LogP contribution in [0, 0.1) is 0 Å². The molecule has 2 heterocycles. The molecule has 26 heavy (non-hydrogen) atoms. The van der Waals surface area contributed by atoms with Gasteiger partial charge in [0.25, 0.3) is 0 Å². The minimum atomic E-state index is -1.36. The highest BCUT2D eigenvalue weighted by atomic mass is 16.5. The van der Waals surface area contributed by atoms with E-state index >= 15 is 0 Å². The summed E-state index contributed by atoms with van der Waals surface area (Å²) in [6, 6.07) is 12.8. The third-order valence-electron chi connectivity index (χ3n) is 4.51. The van der Waals surface area contributed by atoms with Crippen LogP contribution in [0.4, 0.5) is 0 Å². The highest BCUT2D eigenvalue weighted by molar-refractivity contribution is 5.90. The van der Waals surface area contributed by atoms with Crippen molar-refractivity contribution in [2.45, 2.75) is 12.5 Å². The lowest BCUT2D eigenvalue weighted by Crippen LogP contribution is -2.18. The van der Waals surface area contributed by atoms with Crippen LogP contribution in [-0.4, -0.2) is 27.6 Å². The van der Waals surface area contributed by atoms with E-state index in [-0.39, 0.29) is 0 Å². The number of rotatable bonds is 5. The quantitative estimate of drug-likeness (QED) is 0.328. The lowest BCUT2D eigenvalue weighted by Gasteiger charge is -2.10. The van der Waals surface area contributed by atoms with E-state index in [0.717, 1.165) is 33.8 Å². The molecular formula is C20H19N3O3. The van der Waals surface area contributed by atoms with Crippen LogP contribution >= 0.6 is 0 Å². The summed E-state index contributed by atoms with van der Waals surface area (Å²) in [5.41, 5.74) is 9.00. The van der Waals surface area contributed by atoms with Gasteiger partial charge in [-0.3, -0.25) is 0 Å². The predicted octanol–water partition coefficient (Wildman–Crippen LogP) is 2.79. The second-order valence-electron chi connectivity index (χ2n) is 6.17. The van der Waals surface area contributed by atoms with Gasteiger partial charge >= 0.3 is 5.97 Å². The number of fused-ring (bicyclic) bond motifs is 2. The number of aliphatic hydroxyl groups excluding tert-OH is 1. The van der Waals surface area contributed by atoms with Gasteiger partial charge in [-0.2, -0.15) is 0 Å². The van der Waals surface area contributed by atoms with Crippen LogP contribution in [-0.2, 0) is 11.2 Å². The summed E-state index contributed by atoms with van der Waals surface area (Å²) < 4.78 is 5.41. The molecule has 6 heteroatoms. The van der Waals surface area contributed by atoms with E-state index in [1.165, 1.54) is 0 Å². The number of aromatic nitrogens is 2. The van der Waals surface area contributed by atoms with Crippen LogP contribution in [0.1, 0.15) is 17.2 Å². The Balaban J connectivity index is 1.59. The molecule has 0 aliphatic carbocycles. The van der Waals surface area contributed by atoms with Crippen molar-refractivity contribution in [3.63, 3.8) is 0 Å².